The summed E-state index contributed by atoms with van der Waals surface area (Å²) < 4.78 is 10.9. The highest BCUT2D eigenvalue weighted by Gasteiger charge is 2.01. The summed E-state index contributed by atoms with van der Waals surface area (Å²) in [5.74, 6) is -0.260. The maximum atomic E-state index is 11.2. The smallest absolute Gasteiger partial charge is 0.333 e. The Balaban J connectivity index is 3.05. The second kappa shape index (κ2) is 25.4. The molecule has 0 saturated heterocycles. The Hall–Kier alpha value is -0.830. The van der Waals surface area contributed by atoms with Gasteiger partial charge < -0.3 is 9.47 Å². The van der Waals surface area contributed by atoms with Crippen molar-refractivity contribution in [3.8, 4) is 0 Å². The molecule has 0 spiro atoms. The van der Waals surface area contributed by atoms with Gasteiger partial charge in [0, 0.05) is 18.8 Å². The summed E-state index contributed by atoms with van der Waals surface area (Å²) in [7, 11) is 0. The predicted octanol–water partition coefficient (Wildman–Crippen LogP) is 8.94. The molecule has 0 rings (SSSR count). The van der Waals surface area contributed by atoms with Gasteiger partial charge in [-0.25, -0.2) is 4.79 Å². The average molecular weight is 439 g/mol. The molecule has 0 heterocycles. The van der Waals surface area contributed by atoms with Crippen LogP contribution in [0.5, 0.6) is 0 Å². The van der Waals surface area contributed by atoms with E-state index in [4.69, 9.17) is 9.47 Å². The number of carbonyl (C=O) groups is 1. The third kappa shape index (κ3) is 25.3. The van der Waals surface area contributed by atoms with E-state index in [9.17, 15) is 4.79 Å². The number of unbranched alkanes of at least 4 members (excludes halogenated alkanes) is 18. The summed E-state index contributed by atoms with van der Waals surface area (Å²) in [6.45, 7) is 10.0. The minimum absolute atomic E-state index is 0.260. The molecule has 0 fully saturated rings. The Morgan fingerprint density at radius 2 is 0.871 bits per heavy atom. The highest BCUT2D eigenvalue weighted by Crippen LogP contribution is 2.12. The van der Waals surface area contributed by atoms with E-state index in [1.807, 2.05) is 0 Å². The molecule has 0 aromatic heterocycles. The van der Waals surface area contributed by atoms with E-state index in [1.54, 1.807) is 6.92 Å². The molecule has 0 aromatic rings. The predicted molar refractivity (Wildman–Crippen MR) is 135 cm³/mol. The highest BCUT2D eigenvalue weighted by atomic mass is 16.5. The van der Waals surface area contributed by atoms with Gasteiger partial charge in [-0.05, 0) is 26.2 Å². The molecule has 0 saturated carbocycles. The molecule has 184 valence electrons. The summed E-state index contributed by atoms with van der Waals surface area (Å²) in [4.78, 5) is 11.2. The number of rotatable bonds is 25. The first kappa shape index (κ1) is 30.2. The lowest BCUT2D eigenvalue weighted by Crippen LogP contribution is -2.05. The molecule has 0 atom stereocenters. The van der Waals surface area contributed by atoms with E-state index in [0.717, 1.165) is 26.1 Å². The second-order valence-corrected chi connectivity index (χ2v) is 9.25. The highest BCUT2D eigenvalue weighted by molar-refractivity contribution is 5.86. The van der Waals surface area contributed by atoms with Gasteiger partial charge in [0.15, 0.2) is 0 Å². The molecule has 0 bridgehead atoms. The van der Waals surface area contributed by atoms with Crippen LogP contribution in [0.15, 0.2) is 12.2 Å². The monoisotopic (exact) mass is 438 g/mol. The Labute approximate surface area is 194 Å². The molecule has 0 aliphatic heterocycles. The summed E-state index contributed by atoms with van der Waals surface area (Å²) in [6.07, 6.45) is 26.5. The molecule has 0 amide bonds. The number of hydrogen-bond acceptors (Lipinski definition) is 3. The number of carbonyl (C=O) groups excluding carboxylic acids is 1. The third-order valence-corrected chi connectivity index (χ3v) is 5.91. The van der Waals surface area contributed by atoms with Crippen molar-refractivity contribution in [3.05, 3.63) is 12.2 Å². The van der Waals surface area contributed by atoms with Crippen LogP contribution >= 0.6 is 0 Å². The molecule has 0 aliphatic carbocycles. The zero-order valence-corrected chi connectivity index (χ0v) is 21.2. The van der Waals surface area contributed by atoms with Gasteiger partial charge >= 0.3 is 5.97 Å². The van der Waals surface area contributed by atoms with Gasteiger partial charge in [-0.2, -0.15) is 0 Å². The van der Waals surface area contributed by atoms with E-state index in [2.05, 4.69) is 13.5 Å². The Morgan fingerprint density at radius 3 is 1.23 bits per heavy atom. The molecular weight excluding hydrogens is 384 g/mol. The van der Waals surface area contributed by atoms with E-state index >= 15 is 0 Å². The van der Waals surface area contributed by atoms with Crippen LogP contribution in [0.1, 0.15) is 142 Å². The van der Waals surface area contributed by atoms with Crippen LogP contribution < -0.4 is 0 Å². The molecule has 0 N–H and O–H groups in total. The van der Waals surface area contributed by atoms with Crippen LogP contribution in [0, 0.1) is 0 Å². The lowest BCUT2D eigenvalue weighted by Gasteiger charge is -2.06. The first-order valence-electron chi connectivity index (χ1n) is 13.6. The van der Waals surface area contributed by atoms with Crippen molar-refractivity contribution in [2.75, 3.05) is 19.8 Å². The Bertz CT molecular complexity index is 392. The quantitative estimate of drug-likeness (QED) is 0.0810. The van der Waals surface area contributed by atoms with Crippen LogP contribution in [-0.2, 0) is 14.3 Å². The SMILES string of the molecule is C=C(C)C(=O)OCCCCCCCCCCCCOCCCCCCCCCCCC. The van der Waals surface area contributed by atoms with Crippen LogP contribution in [0.4, 0.5) is 0 Å². The van der Waals surface area contributed by atoms with Gasteiger partial charge in [-0.3, -0.25) is 0 Å². The van der Waals surface area contributed by atoms with Crippen molar-refractivity contribution < 1.29 is 14.3 Å². The maximum absolute atomic E-state index is 11.2. The third-order valence-electron chi connectivity index (χ3n) is 5.91. The maximum Gasteiger partial charge on any atom is 0.333 e. The van der Waals surface area contributed by atoms with E-state index in [0.29, 0.717) is 12.2 Å². The van der Waals surface area contributed by atoms with E-state index in [-0.39, 0.29) is 5.97 Å². The van der Waals surface area contributed by atoms with Crippen LogP contribution in [0.25, 0.3) is 0 Å². The van der Waals surface area contributed by atoms with Gasteiger partial charge in [0.05, 0.1) is 6.61 Å². The largest absolute Gasteiger partial charge is 0.462 e. The molecule has 3 heteroatoms. The van der Waals surface area contributed by atoms with Gasteiger partial charge in [0.2, 0.25) is 0 Å². The number of hydrogen-bond donors (Lipinski definition) is 0. The molecular formula is C28H54O3. The topological polar surface area (TPSA) is 35.5 Å². The lowest BCUT2D eigenvalue weighted by atomic mass is 10.1. The van der Waals surface area contributed by atoms with Crippen LogP contribution in [0.3, 0.4) is 0 Å². The van der Waals surface area contributed by atoms with Crippen molar-refractivity contribution in [1.82, 2.24) is 0 Å². The zero-order chi connectivity index (χ0) is 22.8. The van der Waals surface area contributed by atoms with Crippen LogP contribution in [-0.4, -0.2) is 25.8 Å². The van der Waals surface area contributed by atoms with Crippen molar-refractivity contribution in [3.63, 3.8) is 0 Å². The first-order valence-corrected chi connectivity index (χ1v) is 13.6. The normalized spacial score (nSPS) is 11.0. The summed E-state index contributed by atoms with van der Waals surface area (Å²) in [5.41, 5.74) is 0.487. The Kier molecular flexibility index (Phi) is 24.7. The summed E-state index contributed by atoms with van der Waals surface area (Å²) in [6, 6.07) is 0. The Morgan fingerprint density at radius 1 is 0.548 bits per heavy atom. The number of esters is 1. The zero-order valence-electron chi connectivity index (χ0n) is 21.2. The fraction of sp³-hybridized carbons (Fsp3) is 0.893. The molecule has 0 radical (unpaired) electrons. The second-order valence-electron chi connectivity index (χ2n) is 9.25. The van der Waals surface area contributed by atoms with E-state index in [1.165, 1.54) is 116 Å². The average Bonchev–Trinajstić information content (AvgIpc) is 2.76. The van der Waals surface area contributed by atoms with Crippen molar-refractivity contribution in [2.45, 2.75) is 142 Å². The minimum atomic E-state index is -0.260. The number of ether oxygens (including phenoxy) is 2. The van der Waals surface area contributed by atoms with Gasteiger partial charge in [0.1, 0.15) is 0 Å². The fourth-order valence-corrected chi connectivity index (χ4v) is 3.80. The lowest BCUT2D eigenvalue weighted by molar-refractivity contribution is -0.139. The standard InChI is InChI=1S/C28H54O3/c1-4-5-6-7-8-9-12-15-18-21-24-30-25-22-19-16-13-10-11-14-17-20-23-26-31-28(29)27(2)3/h2,4-26H2,1,3H3. The summed E-state index contributed by atoms with van der Waals surface area (Å²) in [5, 5.41) is 0. The molecule has 0 aromatic carbocycles. The van der Waals surface area contributed by atoms with Gasteiger partial charge in [-0.1, -0.05) is 123 Å². The molecule has 3 nitrogen and oxygen atoms in total. The van der Waals surface area contributed by atoms with Crippen molar-refractivity contribution in [1.29, 1.82) is 0 Å². The van der Waals surface area contributed by atoms with Crippen molar-refractivity contribution in [2.24, 2.45) is 0 Å². The van der Waals surface area contributed by atoms with Gasteiger partial charge in [0.25, 0.3) is 0 Å². The molecule has 0 aliphatic rings. The van der Waals surface area contributed by atoms with Crippen LogP contribution in [0.2, 0.25) is 0 Å². The summed E-state index contributed by atoms with van der Waals surface area (Å²) >= 11 is 0. The molecule has 0 unspecified atom stereocenters. The van der Waals surface area contributed by atoms with Crippen molar-refractivity contribution >= 4 is 5.97 Å². The minimum Gasteiger partial charge on any atom is -0.462 e. The molecule has 31 heavy (non-hydrogen) atoms. The van der Waals surface area contributed by atoms with E-state index < -0.39 is 0 Å². The van der Waals surface area contributed by atoms with Gasteiger partial charge in [-0.15, -0.1) is 0 Å². The fourth-order valence-electron chi connectivity index (χ4n) is 3.80. The first-order chi connectivity index (χ1) is 15.2.